The van der Waals surface area contributed by atoms with E-state index in [1.54, 1.807) is 24.3 Å². The van der Waals surface area contributed by atoms with Gasteiger partial charge in [-0.3, -0.25) is 4.79 Å². The zero-order valence-electron chi connectivity index (χ0n) is 12.4. The summed E-state index contributed by atoms with van der Waals surface area (Å²) < 4.78 is 1.31. The van der Waals surface area contributed by atoms with Gasteiger partial charge in [0.2, 0.25) is 0 Å². The van der Waals surface area contributed by atoms with E-state index >= 15 is 0 Å². The molecule has 0 spiro atoms. The number of carboxylic acids is 1. The summed E-state index contributed by atoms with van der Waals surface area (Å²) in [5, 5.41) is 24.7. The average molecular weight is 356 g/mol. The second-order valence-electron chi connectivity index (χ2n) is 5.50. The SMILES string of the molecule is CC(C)(C(=O)O)C(O)/C(=C\c1ccc(Cl)cc1Cl)n1cncn1. The first-order valence-corrected chi connectivity index (χ1v) is 7.42. The van der Waals surface area contributed by atoms with Gasteiger partial charge in [-0.2, -0.15) is 5.10 Å². The minimum Gasteiger partial charge on any atom is -0.481 e. The van der Waals surface area contributed by atoms with Crippen LogP contribution in [0.25, 0.3) is 11.8 Å². The van der Waals surface area contributed by atoms with Crippen LogP contribution in [0.3, 0.4) is 0 Å². The Hall–Kier alpha value is -1.89. The standard InChI is InChI=1S/C15H15Cl2N3O3/c1-15(2,14(22)23)13(21)12(20-8-18-7-19-20)5-9-3-4-10(16)6-11(9)17/h3-8,13,21H,1-2H3,(H,22,23)/b12-5+. The number of carboxylic acid groups (broad SMARTS) is 1. The van der Waals surface area contributed by atoms with Gasteiger partial charge in [0.15, 0.2) is 0 Å². The van der Waals surface area contributed by atoms with Crippen molar-refractivity contribution in [3.8, 4) is 0 Å². The van der Waals surface area contributed by atoms with Crippen molar-refractivity contribution < 1.29 is 15.0 Å². The van der Waals surface area contributed by atoms with Crippen LogP contribution >= 0.6 is 23.2 Å². The number of carbonyl (C=O) groups is 1. The molecular weight excluding hydrogens is 341 g/mol. The molecule has 0 aliphatic heterocycles. The molecule has 0 saturated heterocycles. The summed E-state index contributed by atoms with van der Waals surface area (Å²) in [5.74, 6) is -1.14. The van der Waals surface area contributed by atoms with Gasteiger partial charge in [-0.1, -0.05) is 29.3 Å². The molecule has 2 rings (SSSR count). The third kappa shape index (κ3) is 3.72. The van der Waals surface area contributed by atoms with Crippen LogP contribution in [0.2, 0.25) is 10.0 Å². The number of aliphatic hydroxyl groups excluding tert-OH is 1. The fourth-order valence-electron chi connectivity index (χ4n) is 1.88. The summed E-state index contributed by atoms with van der Waals surface area (Å²) in [5.41, 5.74) is -0.627. The van der Waals surface area contributed by atoms with E-state index in [9.17, 15) is 15.0 Å². The number of aromatic nitrogens is 3. The molecule has 122 valence electrons. The number of rotatable bonds is 5. The van der Waals surface area contributed by atoms with Crippen molar-refractivity contribution in [3.63, 3.8) is 0 Å². The summed E-state index contributed by atoms with van der Waals surface area (Å²) in [6.45, 7) is 2.85. The van der Waals surface area contributed by atoms with E-state index in [0.29, 0.717) is 15.6 Å². The number of aliphatic hydroxyl groups is 1. The highest BCUT2D eigenvalue weighted by Gasteiger charge is 2.39. The zero-order chi connectivity index (χ0) is 17.2. The first-order valence-electron chi connectivity index (χ1n) is 6.66. The third-order valence-electron chi connectivity index (χ3n) is 3.46. The molecule has 0 amide bonds. The van der Waals surface area contributed by atoms with E-state index in [2.05, 4.69) is 10.1 Å². The Morgan fingerprint density at radius 2 is 2.09 bits per heavy atom. The molecule has 8 heteroatoms. The summed E-state index contributed by atoms with van der Waals surface area (Å²) >= 11 is 12.0. The van der Waals surface area contributed by atoms with Crippen LogP contribution in [0.5, 0.6) is 0 Å². The Bertz CT molecular complexity index is 742. The molecule has 0 aliphatic carbocycles. The molecule has 6 nitrogen and oxygen atoms in total. The van der Waals surface area contributed by atoms with Crippen LogP contribution < -0.4 is 0 Å². The lowest BCUT2D eigenvalue weighted by Crippen LogP contribution is -2.39. The number of hydrogen-bond donors (Lipinski definition) is 2. The van der Waals surface area contributed by atoms with Crippen LogP contribution in [0.4, 0.5) is 0 Å². The summed E-state index contributed by atoms with van der Waals surface area (Å²) in [6, 6.07) is 4.87. The quantitative estimate of drug-likeness (QED) is 0.860. The highest BCUT2D eigenvalue weighted by Crippen LogP contribution is 2.31. The van der Waals surface area contributed by atoms with E-state index in [-0.39, 0.29) is 5.70 Å². The van der Waals surface area contributed by atoms with E-state index < -0.39 is 17.5 Å². The lowest BCUT2D eigenvalue weighted by atomic mass is 9.84. The Morgan fingerprint density at radius 1 is 1.39 bits per heavy atom. The minimum atomic E-state index is -1.43. The van der Waals surface area contributed by atoms with Crippen LogP contribution in [-0.2, 0) is 4.79 Å². The van der Waals surface area contributed by atoms with Gasteiger partial charge in [0, 0.05) is 10.0 Å². The predicted molar refractivity (Wildman–Crippen MR) is 88.1 cm³/mol. The molecule has 23 heavy (non-hydrogen) atoms. The molecule has 0 fully saturated rings. The maximum Gasteiger partial charge on any atom is 0.312 e. The highest BCUT2D eigenvalue weighted by atomic mass is 35.5. The van der Waals surface area contributed by atoms with E-state index in [1.165, 1.54) is 31.2 Å². The number of hydrogen-bond acceptors (Lipinski definition) is 4. The van der Waals surface area contributed by atoms with Gasteiger partial charge in [0.1, 0.15) is 18.8 Å². The van der Waals surface area contributed by atoms with Crippen molar-refractivity contribution in [2.45, 2.75) is 20.0 Å². The van der Waals surface area contributed by atoms with Crippen molar-refractivity contribution in [3.05, 3.63) is 46.5 Å². The van der Waals surface area contributed by atoms with Gasteiger partial charge in [0.25, 0.3) is 0 Å². The van der Waals surface area contributed by atoms with Crippen LogP contribution in [-0.4, -0.2) is 37.1 Å². The van der Waals surface area contributed by atoms with Gasteiger partial charge >= 0.3 is 5.97 Å². The smallest absolute Gasteiger partial charge is 0.312 e. The fraction of sp³-hybridized carbons (Fsp3) is 0.267. The molecule has 1 unspecified atom stereocenters. The highest BCUT2D eigenvalue weighted by molar-refractivity contribution is 6.35. The summed E-state index contributed by atoms with van der Waals surface area (Å²) in [7, 11) is 0. The zero-order valence-corrected chi connectivity index (χ0v) is 14.0. The Morgan fingerprint density at radius 3 is 2.61 bits per heavy atom. The molecule has 1 aromatic heterocycles. The van der Waals surface area contributed by atoms with Crippen molar-refractivity contribution in [1.29, 1.82) is 0 Å². The maximum atomic E-state index is 11.4. The van der Waals surface area contributed by atoms with Gasteiger partial charge in [0.05, 0.1) is 11.1 Å². The number of benzene rings is 1. The van der Waals surface area contributed by atoms with E-state index in [1.807, 2.05) is 0 Å². The van der Waals surface area contributed by atoms with Crippen molar-refractivity contribution in [2.24, 2.45) is 5.41 Å². The molecular formula is C15H15Cl2N3O3. The van der Waals surface area contributed by atoms with Gasteiger partial charge in [-0.25, -0.2) is 9.67 Å². The Labute approximate surface area is 143 Å². The average Bonchev–Trinajstić information content (AvgIpc) is 2.99. The molecule has 1 heterocycles. The van der Waals surface area contributed by atoms with E-state index in [0.717, 1.165) is 0 Å². The number of aliphatic carboxylic acids is 1. The van der Waals surface area contributed by atoms with Gasteiger partial charge in [-0.05, 0) is 37.6 Å². The topological polar surface area (TPSA) is 88.2 Å². The normalized spacial score (nSPS) is 13.9. The van der Waals surface area contributed by atoms with Crippen LogP contribution in [0.15, 0.2) is 30.9 Å². The van der Waals surface area contributed by atoms with Crippen molar-refractivity contribution in [1.82, 2.24) is 14.8 Å². The summed E-state index contributed by atoms with van der Waals surface area (Å²) in [4.78, 5) is 15.3. The van der Waals surface area contributed by atoms with Crippen LogP contribution in [0.1, 0.15) is 19.4 Å². The lowest BCUT2D eigenvalue weighted by molar-refractivity contribution is -0.151. The fourth-order valence-corrected chi connectivity index (χ4v) is 2.34. The van der Waals surface area contributed by atoms with Crippen molar-refractivity contribution >= 4 is 40.9 Å². The molecule has 0 aliphatic rings. The molecule has 0 bridgehead atoms. The first-order chi connectivity index (χ1) is 10.7. The Kier molecular flexibility index (Phi) is 5.09. The molecule has 1 aromatic carbocycles. The number of nitrogens with zero attached hydrogens (tertiary/aromatic N) is 3. The monoisotopic (exact) mass is 355 g/mol. The predicted octanol–water partition coefficient (Wildman–Crippen LogP) is 3.05. The van der Waals surface area contributed by atoms with E-state index in [4.69, 9.17) is 23.2 Å². The van der Waals surface area contributed by atoms with Gasteiger partial charge in [-0.15, -0.1) is 0 Å². The lowest BCUT2D eigenvalue weighted by Gasteiger charge is -2.27. The molecule has 2 aromatic rings. The Balaban J connectivity index is 2.55. The first kappa shape index (κ1) is 17.5. The largest absolute Gasteiger partial charge is 0.481 e. The molecule has 1 atom stereocenters. The van der Waals surface area contributed by atoms with Gasteiger partial charge < -0.3 is 10.2 Å². The molecule has 0 radical (unpaired) electrons. The molecule has 0 saturated carbocycles. The number of halogens is 2. The third-order valence-corrected chi connectivity index (χ3v) is 4.03. The second kappa shape index (κ2) is 6.70. The van der Waals surface area contributed by atoms with Crippen LogP contribution in [0, 0.1) is 5.41 Å². The maximum absolute atomic E-state index is 11.4. The summed E-state index contributed by atoms with van der Waals surface area (Å²) in [6.07, 6.45) is 2.88. The molecule has 2 N–H and O–H groups in total. The minimum absolute atomic E-state index is 0.235. The second-order valence-corrected chi connectivity index (χ2v) is 6.35. The van der Waals surface area contributed by atoms with Crippen molar-refractivity contribution in [2.75, 3.05) is 0 Å².